The summed E-state index contributed by atoms with van der Waals surface area (Å²) in [5, 5.41) is 13.1. The third-order valence-electron chi connectivity index (χ3n) is 8.11. The number of carbonyl (C=O) groups is 2. The number of rotatable bonds is 1. The van der Waals surface area contributed by atoms with E-state index in [2.05, 4.69) is 29.3 Å². The van der Waals surface area contributed by atoms with Crippen molar-refractivity contribution in [2.24, 2.45) is 5.41 Å². The molecule has 40 heavy (non-hydrogen) atoms. The molecule has 1 aromatic heterocycles. The average molecular weight is 560 g/mol. The summed E-state index contributed by atoms with van der Waals surface area (Å²) in [5.74, 6) is 0.0254. The van der Waals surface area contributed by atoms with Crippen LogP contribution < -0.4 is 10.4 Å². The van der Waals surface area contributed by atoms with Gasteiger partial charge in [-0.25, -0.2) is 4.79 Å². The molecule has 1 fully saturated rings. The number of thioether (sulfide) groups is 1. The van der Waals surface area contributed by atoms with E-state index in [1.165, 1.54) is 11.6 Å². The number of ether oxygens (including phenoxy) is 1. The molecule has 0 aliphatic carbocycles. The molecule has 0 saturated carbocycles. The molecule has 1 spiro atoms. The van der Waals surface area contributed by atoms with Crippen molar-refractivity contribution >= 4 is 23.6 Å². The van der Waals surface area contributed by atoms with E-state index >= 15 is 0 Å². The molecular weight excluding hydrogens is 526 g/mol. The first-order chi connectivity index (χ1) is 19.1. The summed E-state index contributed by atoms with van der Waals surface area (Å²) < 4.78 is 7.26. The number of Topliss-reactive ketones (excluding diaryl/α,β-unsaturated/α-hetero) is 1. The number of carbonyl (C=O) groups excluding carboxylic acids is 2. The SMILES string of the molecule is CC(C)(C)OC(=O)N1CCC2(CC1)CN(C1c3ccccc3CSc3ccccc31)n1ccc(=O)c(O)c1C2=O. The van der Waals surface area contributed by atoms with Gasteiger partial charge < -0.3 is 14.7 Å². The molecule has 3 aromatic rings. The van der Waals surface area contributed by atoms with Crippen LogP contribution in [0, 0.1) is 5.41 Å². The third-order valence-corrected chi connectivity index (χ3v) is 9.25. The average Bonchev–Trinajstić information content (AvgIpc) is 3.09. The molecule has 1 N–H and O–H groups in total. The molecule has 0 radical (unpaired) electrons. The highest BCUT2D eigenvalue weighted by atomic mass is 32.2. The van der Waals surface area contributed by atoms with Crippen molar-refractivity contribution in [1.82, 2.24) is 9.58 Å². The van der Waals surface area contributed by atoms with Crippen LogP contribution in [0.1, 0.15) is 66.8 Å². The molecule has 1 atom stereocenters. The van der Waals surface area contributed by atoms with Crippen LogP contribution in [0.5, 0.6) is 5.75 Å². The van der Waals surface area contributed by atoms with Crippen LogP contribution >= 0.6 is 11.8 Å². The van der Waals surface area contributed by atoms with Gasteiger partial charge in [-0.05, 0) is 56.4 Å². The fourth-order valence-corrected chi connectivity index (χ4v) is 7.21. The van der Waals surface area contributed by atoms with Gasteiger partial charge in [0.25, 0.3) is 0 Å². The van der Waals surface area contributed by atoms with Crippen molar-refractivity contribution in [2.45, 2.75) is 55.9 Å². The molecule has 3 aliphatic rings. The third kappa shape index (κ3) is 4.46. The summed E-state index contributed by atoms with van der Waals surface area (Å²) in [7, 11) is 0. The zero-order chi connectivity index (χ0) is 28.2. The number of piperidine rings is 1. The maximum atomic E-state index is 14.2. The Hall–Kier alpha value is -3.72. The molecule has 208 valence electrons. The van der Waals surface area contributed by atoms with Crippen molar-refractivity contribution in [2.75, 3.05) is 24.6 Å². The molecule has 1 unspecified atom stereocenters. The smallest absolute Gasteiger partial charge is 0.410 e. The first-order valence-electron chi connectivity index (χ1n) is 13.6. The first-order valence-corrected chi connectivity index (χ1v) is 14.6. The molecule has 9 heteroatoms. The van der Waals surface area contributed by atoms with Gasteiger partial charge in [0, 0.05) is 42.5 Å². The van der Waals surface area contributed by atoms with Gasteiger partial charge in [-0.2, -0.15) is 0 Å². The van der Waals surface area contributed by atoms with Crippen molar-refractivity contribution in [3.63, 3.8) is 0 Å². The summed E-state index contributed by atoms with van der Waals surface area (Å²) in [6.45, 7) is 6.56. The number of hydrogen-bond donors (Lipinski definition) is 1. The van der Waals surface area contributed by atoms with Crippen molar-refractivity contribution in [3.8, 4) is 5.75 Å². The van der Waals surface area contributed by atoms with Gasteiger partial charge in [0.15, 0.2) is 17.2 Å². The second-order valence-corrected chi connectivity index (χ2v) is 12.8. The second kappa shape index (κ2) is 9.73. The van der Waals surface area contributed by atoms with E-state index in [0.29, 0.717) is 32.5 Å². The Morgan fingerprint density at radius 3 is 2.40 bits per heavy atom. The Morgan fingerprint density at radius 2 is 1.68 bits per heavy atom. The summed E-state index contributed by atoms with van der Waals surface area (Å²) >= 11 is 1.78. The summed E-state index contributed by atoms with van der Waals surface area (Å²) in [6, 6.07) is 17.7. The van der Waals surface area contributed by atoms with E-state index in [0.717, 1.165) is 21.8 Å². The fraction of sp³-hybridized carbons (Fsp3) is 0.387. The van der Waals surface area contributed by atoms with Gasteiger partial charge in [-0.15, -0.1) is 11.8 Å². The van der Waals surface area contributed by atoms with Gasteiger partial charge in [0.1, 0.15) is 5.60 Å². The summed E-state index contributed by atoms with van der Waals surface area (Å²) in [6.07, 6.45) is 2.00. The molecule has 1 amide bonds. The highest BCUT2D eigenvalue weighted by Gasteiger charge is 2.51. The lowest BCUT2D eigenvalue weighted by Gasteiger charge is -2.50. The van der Waals surface area contributed by atoms with Crippen molar-refractivity contribution < 1.29 is 19.4 Å². The minimum atomic E-state index is -0.882. The lowest BCUT2D eigenvalue weighted by molar-refractivity contribution is 0.00915. The Labute approximate surface area is 237 Å². The van der Waals surface area contributed by atoms with Crippen LogP contribution in [-0.4, -0.2) is 51.8 Å². The molecule has 4 heterocycles. The minimum Gasteiger partial charge on any atom is -0.503 e. The van der Waals surface area contributed by atoms with Crippen LogP contribution in [0.4, 0.5) is 4.79 Å². The molecule has 8 nitrogen and oxygen atoms in total. The van der Waals surface area contributed by atoms with Gasteiger partial charge >= 0.3 is 6.09 Å². The van der Waals surface area contributed by atoms with Crippen LogP contribution in [0.3, 0.4) is 0 Å². The predicted octanol–water partition coefficient (Wildman–Crippen LogP) is 5.10. The van der Waals surface area contributed by atoms with Crippen LogP contribution in [0.15, 0.2) is 70.5 Å². The maximum Gasteiger partial charge on any atom is 0.410 e. The number of ketones is 1. The van der Waals surface area contributed by atoms with Gasteiger partial charge in [-0.1, -0.05) is 42.5 Å². The maximum absolute atomic E-state index is 14.2. The quantitative estimate of drug-likeness (QED) is 0.444. The largest absolute Gasteiger partial charge is 0.503 e. The Balaban J connectivity index is 1.46. The Bertz CT molecular complexity index is 1500. The zero-order valence-corrected chi connectivity index (χ0v) is 23.7. The number of nitrogens with zero attached hydrogens (tertiary/aromatic N) is 3. The number of hydrogen-bond acceptors (Lipinski definition) is 7. The van der Waals surface area contributed by atoms with E-state index in [9.17, 15) is 19.5 Å². The standard InChI is InChI=1S/C31H33N3O5S/c1-30(2,3)39-29(38)32-16-13-31(14-17-32)19-34(33-15-12-23(35)27(36)26(33)28(31)37)25-21-9-5-4-8-20(21)18-40-24-11-7-6-10-22(24)25/h4-12,15,25,36H,13-14,16-19H2,1-3H3. The Kier molecular flexibility index (Phi) is 6.45. The van der Waals surface area contributed by atoms with Crippen molar-refractivity contribution in [1.29, 1.82) is 0 Å². The van der Waals surface area contributed by atoms with Crippen molar-refractivity contribution in [3.05, 3.63) is 93.4 Å². The van der Waals surface area contributed by atoms with Gasteiger partial charge in [0.05, 0.1) is 11.5 Å². The topological polar surface area (TPSA) is 92.1 Å². The highest BCUT2D eigenvalue weighted by molar-refractivity contribution is 7.98. The van der Waals surface area contributed by atoms with E-state index in [4.69, 9.17) is 4.74 Å². The minimum absolute atomic E-state index is 0.0105. The number of fused-ring (bicyclic) bond motifs is 3. The van der Waals surface area contributed by atoms with E-state index in [-0.39, 0.29) is 17.5 Å². The number of aromatic nitrogens is 1. The number of amides is 1. The molecule has 2 aromatic carbocycles. The molecule has 3 aliphatic heterocycles. The second-order valence-electron chi connectivity index (χ2n) is 11.8. The van der Waals surface area contributed by atoms with Gasteiger partial charge in [-0.3, -0.25) is 19.3 Å². The summed E-state index contributed by atoms with van der Waals surface area (Å²) in [4.78, 5) is 42.4. The normalized spacial score (nSPS) is 19.9. The van der Waals surface area contributed by atoms with Gasteiger partial charge in [0.2, 0.25) is 5.43 Å². The van der Waals surface area contributed by atoms with Crippen LogP contribution in [0.25, 0.3) is 0 Å². The number of aromatic hydroxyl groups is 1. The molecule has 6 rings (SSSR count). The number of likely N-dealkylation sites (tertiary alicyclic amines) is 1. The monoisotopic (exact) mass is 559 g/mol. The number of pyridine rings is 1. The molecule has 0 bridgehead atoms. The molecule has 1 saturated heterocycles. The van der Waals surface area contributed by atoms with E-state index < -0.39 is 28.3 Å². The summed E-state index contributed by atoms with van der Waals surface area (Å²) in [5.41, 5.74) is 1.36. The lowest BCUT2D eigenvalue weighted by Crippen LogP contribution is -2.59. The first kappa shape index (κ1) is 26.5. The zero-order valence-electron chi connectivity index (χ0n) is 22.9. The van der Waals surface area contributed by atoms with Crippen LogP contribution in [0.2, 0.25) is 0 Å². The predicted molar refractivity (Wildman–Crippen MR) is 154 cm³/mol. The highest BCUT2D eigenvalue weighted by Crippen LogP contribution is 2.47. The lowest BCUT2D eigenvalue weighted by atomic mass is 9.71. The van der Waals surface area contributed by atoms with E-state index in [1.54, 1.807) is 27.5 Å². The Morgan fingerprint density at radius 1 is 1.00 bits per heavy atom. The molecular formula is C31H33N3O5S. The fourth-order valence-electron chi connectivity index (χ4n) is 6.11. The van der Waals surface area contributed by atoms with E-state index in [1.807, 2.05) is 45.0 Å². The number of benzene rings is 2. The van der Waals surface area contributed by atoms with Crippen LogP contribution in [-0.2, 0) is 10.5 Å².